The summed E-state index contributed by atoms with van der Waals surface area (Å²) in [6, 6.07) is 19.0. The Morgan fingerprint density at radius 3 is 2.59 bits per heavy atom. The van der Waals surface area contributed by atoms with Gasteiger partial charge in [0.2, 0.25) is 0 Å². The molecule has 0 amide bonds. The summed E-state index contributed by atoms with van der Waals surface area (Å²) in [6.45, 7) is 2.90. The van der Waals surface area contributed by atoms with Crippen molar-refractivity contribution in [2.45, 2.75) is 31.8 Å². The van der Waals surface area contributed by atoms with Gasteiger partial charge in [-0.15, -0.1) is 0 Å². The van der Waals surface area contributed by atoms with Crippen LogP contribution in [0, 0.1) is 0 Å². The quantitative estimate of drug-likeness (QED) is 0.852. The number of fused-ring (bicyclic) bond motifs is 1. The van der Waals surface area contributed by atoms with Gasteiger partial charge in [-0.25, -0.2) is 0 Å². The largest absolute Gasteiger partial charge is 0.387 e. The van der Waals surface area contributed by atoms with Crippen molar-refractivity contribution in [1.82, 2.24) is 4.90 Å². The number of β-amino-alcohol motifs (C(OH)–C–C–N with tert-alkyl or cyclic N) is 1. The molecule has 116 valence electrons. The summed E-state index contributed by atoms with van der Waals surface area (Å²) < 4.78 is 0. The molecule has 1 atom stereocenters. The molecule has 0 spiro atoms. The molecular weight excluding hydrogens is 270 g/mol. The third kappa shape index (κ3) is 3.96. The molecule has 1 aliphatic heterocycles. The minimum atomic E-state index is -0.340. The average Bonchev–Trinajstić information content (AvgIpc) is 2.72. The van der Waals surface area contributed by atoms with Gasteiger partial charge in [0.1, 0.15) is 0 Å². The third-order valence-corrected chi connectivity index (χ3v) is 4.58. The Hall–Kier alpha value is -1.64. The van der Waals surface area contributed by atoms with Gasteiger partial charge in [0.25, 0.3) is 0 Å². The fourth-order valence-corrected chi connectivity index (χ4v) is 3.31. The molecule has 2 heteroatoms. The number of nitrogens with zero attached hydrogens (tertiary/aromatic N) is 1. The zero-order valence-electron chi connectivity index (χ0n) is 13.1. The summed E-state index contributed by atoms with van der Waals surface area (Å²) in [5, 5.41) is 10.4. The molecule has 0 aromatic heterocycles. The predicted octanol–water partition coefficient (Wildman–Crippen LogP) is 3.60. The van der Waals surface area contributed by atoms with E-state index in [1.165, 1.54) is 24.0 Å². The first-order valence-corrected chi connectivity index (χ1v) is 8.35. The second-order valence-electron chi connectivity index (χ2n) is 6.21. The highest BCUT2D eigenvalue weighted by Gasteiger charge is 2.20. The van der Waals surface area contributed by atoms with Gasteiger partial charge >= 0.3 is 0 Å². The van der Waals surface area contributed by atoms with Crippen molar-refractivity contribution < 1.29 is 5.11 Å². The zero-order chi connectivity index (χ0) is 15.2. The molecule has 1 aliphatic rings. The smallest absolute Gasteiger partial charge is 0.0919 e. The molecule has 1 N–H and O–H groups in total. The van der Waals surface area contributed by atoms with E-state index >= 15 is 0 Å². The standard InChI is InChI=1S/C20H25NO/c22-20-16-21(15-13-18-11-4-5-12-19(18)20)14-7-6-10-17-8-2-1-3-9-17/h1-5,8-9,11-12,20,22H,6-7,10,13-16H2. The monoisotopic (exact) mass is 295 g/mol. The van der Waals surface area contributed by atoms with Crippen LogP contribution in [-0.2, 0) is 12.8 Å². The molecule has 0 radical (unpaired) electrons. The van der Waals surface area contributed by atoms with Gasteiger partial charge in [-0.2, -0.15) is 0 Å². The van der Waals surface area contributed by atoms with E-state index in [1.807, 2.05) is 6.07 Å². The minimum absolute atomic E-state index is 0.340. The average molecular weight is 295 g/mol. The number of unbranched alkanes of at least 4 members (excludes halogenated alkanes) is 1. The lowest BCUT2D eigenvalue weighted by Crippen LogP contribution is -2.29. The maximum absolute atomic E-state index is 10.4. The lowest BCUT2D eigenvalue weighted by atomic mass is 10.0. The number of benzene rings is 2. The van der Waals surface area contributed by atoms with Gasteiger partial charge in [-0.1, -0.05) is 54.6 Å². The number of rotatable bonds is 5. The maximum atomic E-state index is 10.4. The minimum Gasteiger partial charge on any atom is -0.387 e. The molecule has 2 nitrogen and oxygen atoms in total. The van der Waals surface area contributed by atoms with E-state index in [1.54, 1.807) is 0 Å². The van der Waals surface area contributed by atoms with Gasteiger partial charge in [-0.05, 0) is 48.9 Å². The van der Waals surface area contributed by atoms with Gasteiger partial charge in [0, 0.05) is 13.1 Å². The number of aliphatic hydroxyl groups excluding tert-OH is 1. The van der Waals surface area contributed by atoms with Crippen molar-refractivity contribution in [3.05, 3.63) is 71.3 Å². The topological polar surface area (TPSA) is 23.5 Å². The Labute approximate surface area is 133 Å². The van der Waals surface area contributed by atoms with Crippen LogP contribution in [0.25, 0.3) is 0 Å². The summed E-state index contributed by atoms with van der Waals surface area (Å²) in [4.78, 5) is 2.41. The molecular formula is C20H25NO. The van der Waals surface area contributed by atoms with Crippen LogP contribution in [0.2, 0.25) is 0 Å². The maximum Gasteiger partial charge on any atom is 0.0919 e. The van der Waals surface area contributed by atoms with Crippen LogP contribution in [0.4, 0.5) is 0 Å². The second kappa shape index (κ2) is 7.57. The molecule has 0 aliphatic carbocycles. The van der Waals surface area contributed by atoms with E-state index < -0.39 is 0 Å². The van der Waals surface area contributed by atoms with Crippen LogP contribution >= 0.6 is 0 Å². The molecule has 0 fully saturated rings. The van der Waals surface area contributed by atoms with Crippen molar-refractivity contribution >= 4 is 0 Å². The first-order chi connectivity index (χ1) is 10.8. The van der Waals surface area contributed by atoms with Crippen LogP contribution in [0.5, 0.6) is 0 Å². The van der Waals surface area contributed by atoms with Crippen molar-refractivity contribution in [3.63, 3.8) is 0 Å². The van der Waals surface area contributed by atoms with Crippen molar-refractivity contribution in [2.75, 3.05) is 19.6 Å². The molecule has 0 saturated heterocycles. The Balaban J connectivity index is 1.46. The van der Waals surface area contributed by atoms with Gasteiger partial charge in [-0.3, -0.25) is 0 Å². The van der Waals surface area contributed by atoms with Gasteiger partial charge in [0.15, 0.2) is 0 Å². The molecule has 1 unspecified atom stereocenters. The highest BCUT2D eigenvalue weighted by atomic mass is 16.3. The highest BCUT2D eigenvalue weighted by molar-refractivity contribution is 5.30. The molecule has 3 rings (SSSR count). The summed E-state index contributed by atoms with van der Waals surface area (Å²) in [7, 11) is 0. The van der Waals surface area contributed by atoms with Crippen molar-refractivity contribution in [3.8, 4) is 0 Å². The van der Waals surface area contributed by atoms with Crippen molar-refractivity contribution in [2.24, 2.45) is 0 Å². The van der Waals surface area contributed by atoms with E-state index in [0.717, 1.165) is 38.0 Å². The molecule has 0 bridgehead atoms. The first kappa shape index (κ1) is 15.3. The van der Waals surface area contributed by atoms with Crippen LogP contribution in [0.1, 0.15) is 35.6 Å². The molecule has 1 heterocycles. The normalized spacial score (nSPS) is 18.7. The Kier molecular flexibility index (Phi) is 5.25. The Morgan fingerprint density at radius 2 is 1.73 bits per heavy atom. The van der Waals surface area contributed by atoms with Crippen LogP contribution in [0.15, 0.2) is 54.6 Å². The van der Waals surface area contributed by atoms with E-state index in [-0.39, 0.29) is 6.10 Å². The third-order valence-electron chi connectivity index (χ3n) is 4.58. The van der Waals surface area contributed by atoms with Crippen LogP contribution in [0.3, 0.4) is 0 Å². The summed E-state index contributed by atoms with van der Waals surface area (Å²) in [5.74, 6) is 0. The first-order valence-electron chi connectivity index (χ1n) is 8.35. The highest BCUT2D eigenvalue weighted by Crippen LogP contribution is 2.23. The number of hydrogen-bond acceptors (Lipinski definition) is 2. The molecule has 2 aromatic carbocycles. The fraction of sp³-hybridized carbons (Fsp3) is 0.400. The summed E-state index contributed by atoms with van der Waals surface area (Å²) in [5.41, 5.74) is 3.85. The van der Waals surface area contributed by atoms with E-state index in [0.29, 0.717) is 0 Å². The number of hydrogen-bond donors (Lipinski definition) is 1. The number of aliphatic hydroxyl groups is 1. The Bertz CT molecular complexity index is 581. The van der Waals surface area contributed by atoms with E-state index in [9.17, 15) is 5.11 Å². The van der Waals surface area contributed by atoms with Crippen LogP contribution < -0.4 is 0 Å². The second-order valence-corrected chi connectivity index (χ2v) is 6.21. The van der Waals surface area contributed by atoms with E-state index in [4.69, 9.17) is 0 Å². The predicted molar refractivity (Wildman–Crippen MR) is 90.9 cm³/mol. The van der Waals surface area contributed by atoms with Crippen molar-refractivity contribution in [1.29, 1.82) is 0 Å². The molecule has 0 saturated carbocycles. The lowest BCUT2D eigenvalue weighted by Gasteiger charge is -2.21. The van der Waals surface area contributed by atoms with Gasteiger partial charge in [0.05, 0.1) is 6.10 Å². The zero-order valence-corrected chi connectivity index (χ0v) is 13.1. The van der Waals surface area contributed by atoms with E-state index in [2.05, 4.69) is 53.4 Å². The Morgan fingerprint density at radius 1 is 0.955 bits per heavy atom. The lowest BCUT2D eigenvalue weighted by molar-refractivity contribution is 0.119. The SMILES string of the molecule is OC1CN(CCCCc2ccccc2)CCc2ccccc21. The fourth-order valence-electron chi connectivity index (χ4n) is 3.31. The summed E-state index contributed by atoms with van der Waals surface area (Å²) in [6.07, 6.45) is 4.26. The van der Waals surface area contributed by atoms with Gasteiger partial charge < -0.3 is 10.0 Å². The number of aryl methyl sites for hydroxylation is 1. The van der Waals surface area contributed by atoms with Crippen LogP contribution in [-0.4, -0.2) is 29.6 Å². The molecule has 22 heavy (non-hydrogen) atoms. The molecule has 2 aromatic rings. The summed E-state index contributed by atoms with van der Waals surface area (Å²) >= 11 is 0.